The van der Waals surface area contributed by atoms with Crippen LogP contribution < -0.4 is 30.2 Å². The zero-order valence-corrected chi connectivity index (χ0v) is 58.2. The minimum absolute atomic E-state index is 0. The predicted molar refractivity (Wildman–Crippen MR) is 390 cm³/mol. The highest BCUT2D eigenvalue weighted by Gasteiger charge is 2.21. The van der Waals surface area contributed by atoms with Crippen LogP contribution in [0, 0.1) is 35.5 Å². The Balaban J connectivity index is 0.000000229. The number of aromatic nitrogens is 3. The van der Waals surface area contributed by atoms with Crippen LogP contribution in [-0.2, 0) is 52.9 Å². The van der Waals surface area contributed by atoms with E-state index in [4.69, 9.17) is 14.2 Å². The number of ether oxygens (including phenoxy) is 3. The summed E-state index contributed by atoms with van der Waals surface area (Å²) in [6.07, 6.45) is 36.8. The first-order chi connectivity index (χ1) is 46.4. The summed E-state index contributed by atoms with van der Waals surface area (Å²) < 4.78 is 16.3. The first-order valence-corrected chi connectivity index (χ1v) is 34.6. The van der Waals surface area contributed by atoms with Gasteiger partial charge in [-0.25, -0.2) is 15.0 Å². The molecule has 3 fully saturated rings. The highest BCUT2D eigenvalue weighted by Crippen LogP contribution is 2.34. The van der Waals surface area contributed by atoms with Crippen molar-refractivity contribution < 1.29 is 43.0 Å². The minimum Gasteiger partial charge on any atom is -0.495 e. The SMILES string of the molecule is C.CNC(=O)Cc1cccc(CCC(=O)c2cc(/C=C/C3CCC(C)CC3)c(OC)cn2)c1.CNC(=O)Cc1cccc(CCC(=O)c2cc(/C=C/C3CCC(C)CC3)c(OC)cn2)c1.CNC(=O)Cc1cccc(CCC(=O)c2cnc(OC)c(/C=C/C3CCC(C)CC3)c2)c1. The second-order valence-corrected chi connectivity index (χ2v) is 26.4. The summed E-state index contributed by atoms with van der Waals surface area (Å²) in [6, 6.07) is 29.1. The largest absolute Gasteiger partial charge is 0.495 e. The Bertz CT molecular complexity index is 3250. The van der Waals surface area contributed by atoms with Crippen LogP contribution in [0.2, 0.25) is 0 Å². The van der Waals surface area contributed by atoms with Crippen molar-refractivity contribution in [3.63, 3.8) is 0 Å². The Labute approximate surface area is 577 Å². The fourth-order valence-corrected chi connectivity index (χ4v) is 12.6. The number of allylic oxidation sites excluding steroid dienone is 3. The number of methoxy groups -OCH3 is 3. The van der Waals surface area contributed by atoms with Crippen molar-refractivity contribution in [2.75, 3.05) is 42.5 Å². The molecule has 15 nitrogen and oxygen atoms in total. The number of pyridine rings is 3. The molecule has 9 rings (SSSR count). The molecule has 15 heteroatoms. The summed E-state index contributed by atoms with van der Waals surface area (Å²) in [5.74, 6) is 6.13. The van der Waals surface area contributed by atoms with Gasteiger partial charge >= 0.3 is 0 Å². The normalized spacial score (nSPS) is 18.3. The van der Waals surface area contributed by atoms with Crippen LogP contribution in [-0.4, -0.2) is 92.5 Å². The van der Waals surface area contributed by atoms with Gasteiger partial charge in [0.15, 0.2) is 17.3 Å². The lowest BCUT2D eigenvalue weighted by Crippen LogP contribution is -2.19. The average Bonchev–Trinajstić information content (AvgIpc) is 1.13. The molecule has 3 N–H and O–H groups in total. The summed E-state index contributed by atoms with van der Waals surface area (Å²) in [4.78, 5) is 86.4. The van der Waals surface area contributed by atoms with Crippen molar-refractivity contribution in [3.8, 4) is 17.4 Å². The van der Waals surface area contributed by atoms with Crippen molar-refractivity contribution in [2.24, 2.45) is 35.5 Å². The van der Waals surface area contributed by atoms with Gasteiger partial charge in [0.1, 0.15) is 22.9 Å². The molecular weight excluding hydrogens is 1210 g/mol. The van der Waals surface area contributed by atoms with Crippen molar-refractivity contribution >= 4 is 53.3 Å². The van der Waals surface area contributed by atoms with Gasteiger partial charge in [-0.05, 0) is 145 Å². The quantitative estimate of drug-likeness (QED) is 0.0412. The standard InChI is InChI=1S/3C27H34N2O3.CH4/c2*1-19-7-9-20(10-8-19)11-13-23-17-24(29-18-26(23)32-3)25(30)14-12-21-5-4-6-22(15-21)16-27(31)28-2;1-19-7-9-20(10-8-19)11-13-23-17-24(18-29-27(23)32-3)25(30)14-12-21-5-4-6-22(15-21)16-26(31)28-2;/h3*4-6,11,13,15,17-20H,7-10,12,14,16H2,1-3H3,(H,28,31);1H4/b3*13-11+;. The number of aryl methyl sites for hydroxylation is 3. The predicted octanol–water partition coefficient (Wildman–Crippen LogP) is 15.7. The number of amides is 3. The summed E-state index contributed by atoms with van der Waals surface area (Å²) in [6.45, 7) is 6.96. The molecule has 0 unspecified atom stereocenters. The lowest BCUT2D eigenvalue weighted by atomic mass is 9.83. The van der Waals surface area contributed by atoms with Gasteiger partial charge in [0.2, 0.25) is 23.6 Å². The molecule has 0 radical (unpaired) electrons. The van der Waals surface area contributed by atoms with Crippen LogP contribution >= 0.6 is 0 Å². The molecule has 0 aliphatic heterocycles. The molecule has 3 heterocycles. The maximum atomic E-state index is 12.9. The van der Waals surface area contributed by atoms with Gasteiger partial charge in [-0.1, -0.05) is 176 Å². The van der Waals surface area contributed by atoms with Gasteiger partial charge in [-0.3, -0.25) is 28.8 Å². The maximum absolute atomic E-state index is 12.9. The Morgan fingerprint density at radius 1 is 0.412 bits per heavy atom. The van der Waals surface area contributed by atoms with E-state index >= 15 is 0 Å². The minimum atomic E-state index is -0.0241. The molecule has 97 heavy (non-hydrogen) atoms. The molecule has 0 saturated heterocycles. The Hall–Kier alpha value is -8.85. The van der Waals surface area contributed by atoms with Crippen molar-refractivity contribution in [3.05, 3.63) is 195 Å². The van der Waals surface area contributed by atoms with Gasteiger partial charge in [-0.15, -0.1) is 0 Å². The van der Waals surface area contributed by atoms with E-state index in [2.05, 4.69) is 88.1 Å². The Kier molecular flexibility index (Phi) is 32.3. The molecule has 3 aromatic heterocycles. The van der Waals surface area contributed by atoms with Crippen LogP contribution in [0.25, 0.3) is 18.2 Å². The second kappa shape index (κ2) is 40.6. The molecule has 0 bridgehead atoms. The number of carbonyl (C=O) groups is 6. The first-order valence-electron chi connectivity index (χ1n) is 34.6. The third-order valence-corrected chi connectivity index (χ3v) is 18.9. The van der Waals surface area contributed by atoms with E-state index in [9.17, 15) is 28.8 Å². The molecule has 0 atom stereocenters. The van der Waals surface area contributed by atoms with Gasteiger partial charge in [0.05, 0.1) is 53.0 Å². The smallest absolute Gasteiger partial charge is 0.224 e. The van der Waals surface area contributed by atoms with Crippen molar-refractivity contribution in [2.45, 2.75) is 163 Å². The van der Waals surface area contributed by atoms with E-state index in [-0.39, 0.29) is 42.5 Å². The zero-order chi connectivity index (χ0) is 68.8. The number of benzene rings is 3. The fourth-order valence-electron chi connectivity index (χ4n) is 12.6. The van der Waals surface area contributed by atoms with E-state index in [1.165, 1.54) is 77.0 Å². The number of nitrogens with zero attached hydrogens (tertiary/aromatic N) is 3. The van der Waals surface area contributed by atoms with E-state index in [1.54, 1.807) is 61.1 Å². The summed E-state index contributed by atoms with van der Waals surface area (Å²) in [5, 5.41) is 7.91. The van der Waals surface area contributed by atoms with E-state index in [0.717, 1.165) is 67.8 Å². The number of carbonyl (C=O) groups excluding carboxylic acids is 6. The van der Waals surface area contributed by atoms with Gasteiger partial charge < -0.3 is 30.2 Å². The molecule has 3 aliphatic carbocycles. The molecular formula is C82H106N6O9. The topological polar surface area (TPSA) is 205 Å². The molecule has 3 saturated carbocycles. The van der Waals surface area contributed by atoms with Crippen LogP contribution in [0.4, 0.5) is 0 Å². The average molecular weight is 1320 g/mol. The maximum Gasteiger partial charge on any atom is 0.224 e. The summed E-state index contributed by atoms with van der Waals surface area (Å²) >= 11 is 0. The van der Waals surface area contributed by atoms with Gasteiger partial charge in [-0.2, -0.15) is 0 Å². The fraction of sp³-hybridized carbons (Fsp3) is 0.451. The van der Waals surface area contributed by atoms with Crippen LogP contribution in [0.5, 0.6) is 17.4 Å². The van der Waals surface area contributed by atoms with Crippen molar-refractivity contribution in [1.29, 1.82) is 0 Å². The molecule has 6 aromatic rings. The number of Topliss-reactive ketones (excluding diaryl/α,β-unsaturated/α-hetero) is 3. The highest BCUT2D eigenvalue weighted by molar-refractivity contribution is 5.97. The Morgan fingerprint density at radius 3 is 1.07 bits per heavy atom. The lowest BCUT2D eigenvalue weighted by Gasteiger charge is -2.23. The van der Waals surface area contributed by atoms with E-state index in [0.29, 0.717) is 110 Å². The van der Waals surface area contributed by atoms with Gasteiger partial charge in [0.25, 0.3) is 0 Å². The van der Waals surface area contributed by atoms with Gasteiger partial charge in [0, 0.05) is 68.9 Å². The second-order valence-electron chi connectivity index (χ2n) is 26.4. The molecule has 0 spiro atoms. The lowest BCUT2D eigenvalue weighted by molar-refractivity contribution is -0.120. The van der Waals surface area contributed by atoms with Crippen LogP contribution in [0.3, 0.4) is 0 Å². The highest BCUT2D eigenvalue weighted by atomic mass is 16.5. The zero-order valence-electron chi connectivity index (χ0n) is 58.2. The number of hydrogen-bond donors (Lipinski definition) is 3. The first kappa shape index (κ1) is 77.2. The van der Waals surface area contributed by atoms with E-state index < -0.39 is 0 Å². The number of hydrogen-bond acceptors (Lipinski definition) is 12. The molecule has 3 aromatic carbocycles. The number of ketones is 3. The van der Waals surface area contributed by atoms with Crippen LogP contribution in [0.15, 0.2) is 128 Å². The summed E-state index contributed by atoms with van der Waals surface area (Å²) in [7, 11) is 9.76. The van der Waals surface area contributed by atoms with Crippen molar-refractivity contribution in [1.82, 2.24) is 30.9 Å². The molecule has 3 aliphatic rings. The third kappa shape index (κ3) is 25.9. The number of rotatable bonds is 27. The summed E-state index contributed by atoms with van der Waals surface area (Å²) in [5.41, 5.74) is 10.1. The number of nitrogens with one attached hydrogen (secondary N) is 3. The number of likely N-dealkylation sites (N-methyl/N-ethyl adjacent to an activating group) is 3. The Morgan fingerprint density at radius 2 is 0.742 bits per heavy atom. The third-order valence-electron chi connectivity index (χ3n) is 18.9. The monoisotopic (exact) mass is 1320 g/mol. The van der Waals surface area contributed by atoms with Crippen LogP contribution in [0.1, 0.15) is 206 Å². The van der Waals surface area contributed by atoms with E-state index in [1.807, 2.05) is 91.0 Å². The molecule has 518 valence electrons. The molecule has 3 amide bonds.